The third-order valence-corrected chi connectivity index (χ3v) is 3.64. The van der Waals surface area contributed by atoms with Crippen LogP contribution in [0.2, 0.25) is 0 Å². The normalized spacial score (nSPS) is 12.7. The van der Waals surface area contributed by atoms with Crippen molar-refractivity contribution in [1.29, 1.82) is 0 Å². The first kappa shape index (κ1) is 15.1. The van der Waals surface area contributed by atoms with Crippen LogP contribution >= 0.6 is 15.9 Å². The Hall–Kier alpha value is -1.33. The molecule has 0 aliphatic heterocycles. The van der Waals surface area contributed by atoms with Crippen molar-refractivity contribution in [3.05, 3.63) is 46.5 Å². The number of hydrogen-bond acceptors (Lipinski definition) is 3. The highest BCUT2D eigenvalue weighted by Gasteiger charge is 2.11. The zero-order chi connectivity index (χ0) is 14.7. The van der Waals surface area contributed by atoms with Crippen molar-refractivity contribution >= 4 is 15.9 Å². The number of imidazole rings is 1. The predicted octanol–water partition coefficient (Wildman–Crippen LogP) is 3.83. The maximum Gasteiger partial charge on any atom is 0.130 e. The van der Waals surface area contributed by atoms with E-state index in [-0.39, 0.29) is 6.04 Å². The molecule has 0 spiro atoms. The average molecular weight is 338 g/mol. The van der Waals surface area contributed by atoms with Crippen LogP contribution in [0.3, 0.4) is 0 Å². The minimum atomic E-state index is -0.0619. The second-order valence-corrected chi connectivity index (χ2v) is 6.06. The standard InChI is InChI=1S/C15H20BrN3O/c1-10(2)19-9-18-7-13(19)8-20-15-6-12(16)4-5-14(15)11(3)17/h4-7,9-11H,8,17H2,1-3H3. The first-order valence-electron chi connectivity index (χ1n) is 6.67. The van der Waals surface area contributed by atoms with Crippen LogP contribution < -0.4 is 10.5 Å². The number of hydrogen-bond donors (Lipinski definition) is 1. The predicted molar refractivity (Wildman–Crippen MR) is 83.7 cm³/mol. The summed E-state index contributed by atoms with van der Waals surface area (Å²) in [5.41, 5.74) is 8.03. The molecule has 0 aliphatic carbocycles. The van der Waals surface area contributed by atoms with Crippen LogP contribution in [0.4, 0.5) is 0 Å². The molecule has 0 bridgehead atoms. The lowest BCUT2D eigenvalue weighted by Gasteiger charge is -2.16. The molecule has 5 heteroatoms. The molecule has 1 unspecified atom stereocenters. The lowest BCUT2D eigenvalue weighted by Crippen LogP contribution is -2.10. The van der Waals surface area contributed by atoms with Crippen LogP contribution in [0.25, 0.3) is 0 Å². The highest BCUT2D eigenvalue weighted by Crippen LogP contribution is 2.28. The van der Waals surface area contributed by atoms with Gasteiger partial charge in [0, 0.05) is 22.1 Å². The summed E-state index contributed by atoms with van der Waals surface area (Å²) < 4.78 is 9.03. The first-order chi connectivity index (χ1) is 9.49. The van der Waals surface area contributed by atoms with Crippen molar-refractivity contribution in [2.45, 2.75) is 39.5 Å². The summed E-state index contributed by atoms with van der Waals surface area (Å²) in [4.78, 5) is 4.18. The van der Waals surface area contributed by atoms with E-state index in [0.29, 0.717) is 12.6 Å². The van der Waals surface area contributed by atoms with Crippen LogP contribution in [0.15, 0.2) is 35.2 Å². The van der Waals surface area contributed by atoms with Crippen molar-refractivity contribution in [3.8, 4) is 5.75 Å². The molecule has 0 aliphatic rings. The Morgan fingerprint density at radius 1 is 1.35 bits per heavy atom. The van der Waals surface area contributed by atoms with Crippen LogP contribution in [0.5, 0.6) is 5.75 Å². The van der Waals surface area contributed by atoms with E-state index in [1.165, 1.54) is 0 Å². The molecule has 0 saturated heterocycles. The number of ether oxygens (including phenoxy) is 1. The molecule has 1 aromatic carbocycles. The smallest absolute Gasteiger partial charge is 0.130 e. The molecule has 0 fully saturated rings. The van der Waals surface area contributed by atoms with Gasteiger partial charge in [0.2, 0.25) is 0 Å². The second-order valence-electron chi connectivity index (χ2n) is 5.15. The Morgan fingerprint density at radius 2 is 2.10 bits per heavy atom. The van der Waals surface area contributed by atoms with E-state index < -0.39 is 0 Å². The zero-order valence-electron chi connectivity index (χ0n) is 12.0. The molecule has 0 amide bonds. The number of nitrogens with zero attached hydrogens (tertiary/aromatic N) is 2. The molecule has 2 rings (SSSR count). The second kappa shape index (κ2) is 6.41. The molecule has 1 atom stereocenters. The minimum absolute atomic E-state index is 0.0619. The van der Waals surface area contributed by atoms with Crippen molar-refractivity contribution in [2.75, 3.05) is 0 Å². The zero-order valence-corrected chi connectivity index (χ0v) is 13.6. The van der Waals surface area contributed by atoms with Crippen LogP contribution in [-0.4, -0.2) is 9.55 Å². The van der Waals surface area contributed by atoms with Gasteiger partial charge in [-0.25, -0.2) is 4.98 Å². The summed E-state index contributed by atoms with van der Waals surface area (Å²) in [6.07, 6.45) is 3.67. The molecular weight excluding hydrogens is 318 g/mol. The van der Waals surface area contributed by atoms with Gasteiger partial charge in [0.05, 0.1) is 18.2 Å². The molecule has 2 N–H and O–H groups in total. The first-order valence-corrected chi connectivity index (χ1v) is 7.47. The fourth-order valence-corrected chi connectivity index (χ4v) is 2.41. The highest BCUT2D eigenvalue weighted by molar-refractivity contribution is 9.10. The summed E-state index contributed by atoms with van der Waals surface area (Å²) in [6, 6.07) is 6.22. The fourth-order valence-electron chi connectivity index (χ4n) is 2.07. The molecular formula is C15H20BrN3O. The van der Waals surface area contributed by atoms with E-state index in [1.807, 2.05) is 37.6 Å². The fraction of sp³-hybridized carbons (Fsp3) is 0.400. The van der Waals surface area contributed by atoms with E-state index in [0.717, 1.165) is 21.5 Å². The summed E-state index contributed by atoms with van der Waals surface area (Å²) in [5.74, 6) is 0.811. The van der Waals surface area contributed by atoms with Gasteiger partial charge in [-0.05, 0) is 32.9 Å². The third kappa shape index (κ3) is 3.41. The molecule has 1 aromatic heterocycles. The van der Waals surface area contributed by atoms with Crippen LogP contribution in [0.1, 0.15) is 44.1 Å². The van der Waals surface area contributed by atoms with Gasteiger partial charge >= 0.3 is 0 Å². The summed E-state index contributed by atoms with van der Waals surface area (Å²) in [6.45, 7) is 6.68. The maximum atomic E-state index is 5.98. The van der Waals surface area contributed by atoms with Crippen molar-refractivity contribution in [1.82, 2.24) is 9.55 Å². The summed E-state index contributed by atoms with van der Waals surface area (Å²) in [5, 5.41) is 0. The Balaban J connectivity index is 2.18. The highest BCUT2D eigenvalue weighted by atomic mass is 79.9. The topological polar surface area (TPSA) is 53.1 Å². The molecule has 2 aromatic rings. The van der Waals surface area contributed by atoms with Gasteiger partial charge in [0.15, 0.2) is 0 Å². The van der Waals surface area contributed by atoms with Gasteiger partial charge in [-0.1, -0.05) is 22.0 Å². The monoisotopic (exact) mass is 337 g/mol. The number of rotatable bonds is 5. The average Bonchev–Trinajstić information content (AvgIpc) is 2.84. The van der Waals surface area contributed by atoms with Crippen LogP contribution in [-0.2, 0) is 6.61 Å². The molecule has 108 valence electrons. The Bertz CT molecular complexity index is 578. The van der Waals surface area contributed by atoms with Gasteiger partial charge in [0.1, 0.15) is 12.4 Å². The lowest BCUT2D eigenvalue weighted by atomic mass is 10.1. The van der Waals surface area contributed by atoms with Crippen molar-refractivity contribution < 1.29 is 4.74 Å². The number of aromatic nitrogens is 2. The van der Waals surface area contributed by atoms with Gasteiger partial charge in [-0.3, -0.25) is 0 Å². The van der Waals surface area contributed by atoms with Crippen LogP contribution in [0, 0.1) is 0 Å². The maximum absolute atomic E-state index is 5.98. The Kier molecular flexibility index (Phi) is 4.83. The van der Waals surface area contributed by atoms with Gasteiger partial charge < -0.3 is 15.0 Å². The van der Waals surface area contributed by atoms with Gasteiger partial charge in [-0.2, -0.15) is 0 Å². The molecule has 0 saturated carbocycles. The van der Waals surface area contributed by atoms with E-state index in [9.17, 15) is 0 Å². The lowest BCUT2D eigenvalue weighted by molar-refractivity contribution is 0.287. The van der Waals surface area contributed by atoms with E-state index in [2.05, 4.69) is 39.3 Å². The molecule has 1 heterocycles. The van der Waals surface area contributed by atoms with E-state index in [1.54, 1.807) is 0 Å². The third-order valence-electron chi connectivity index (χ3n) is 3.14. The van der Waals surface area contributed by atoms with Gasteiger partial charge in [-0.15, -0.1) is 0 Å². The molecule has 20 heavy (non-hydrogen) atoms. The Morgan fingerprint density at radius 3 is 2.75 bits per heavy atom. The summed E-state index contributed by atoms with van der Waals surface area (Å²) >= 11 is 3.46. The van der Waals surface area contributed by atoms with Crippen molar-refractivity contribution in [3.63, 3.8) is 0 Å². The minimum Gasteiger partial charge on any atom is -0.487 e. The number of benzene rings is 1. The summed E-state index contributed by atoms with van der Waals surface area (Å²) in [7, 11) is 0. The van der Waals surface area contributed by atoms with E-state index >= 15 is 0 Å². The quantitative estimate of drug-likeness (QED) is 0.902. The SMILES string of the molecule is CC(N)c1ccc(Br)cc1OCc1cncn1C(C)C. The number of nitrogens with two attached hydrogens (primary N) is 1. The molecule has 0 radical (unpaired) electrons. The largest absolute Gasteiger partial charge is 0.487 e. The molecule has 4 nitrogen and oxygen atoms in total. The Labute approximate surface area is 128 Å². The van der Waals surface area contributed by atoms with E-state index in [4.69, 9.17) is 10.5 Å². The number of halogens is 1. The van der Waals surface area contributed by atoms with Gasteiger partial charge in [0.25, 0.3) is 0 Å². The van der Waals surface area contributed by atoms with Crippen molar-refractivity contribution in [2.24, 2.45) is 5.73 Å².